The third-order valence-corrected chi connectivity index (χ3v) is 4.62. The number of esters is 1. The summed E-state index contributed by atoms with van der Waals surface area (Å²) in [7, 11) is 1.33. The van der Waals surface area contributed by atoms with Crippen molar-refractivity contribution in [1.82, 2.24) is 14.5 Å². The van der Waals surface area contributed by atoms with E-state index in [9.17, 15) is 4.79 Å². The molecule has 3 heterocycles. The van der Waals surface area contributed by atoms with E-state index in [-0.39, 0.29) is 5.76 Å². The van der Waals surface area contributed by atoms with Crippen LogP contribution in [0.3, 0.4) is 0 Å². The molecule has 6 heteroatoms. The van der Waals surface area contributed by atoms with E-state index in [0.29, 0.717) is 12.3 Å². The average Bonchev–Trinajstić information content (AvgIpc) is 3.30. The minimum atomic E-state index is -0.491. The molecule has 3 aromatic heterocycles. The summed E-state index contributed by atoms with van der Waals surface area (Å²) in [5, 5.41) is 1.03. The lowest BCUT2D eigenvalue weighted by Gasteiger charge is -2.05. The Balaban J connectivity index is 1.73. The van der Waals surface area contributed by atoms with Crippen LogP contribution in [0.2, 0.25) is 0 Å². The molecule has 0 fully saturated rings. The maximum absolute atomic E-state index is 11.7. The van der Waals surface area contributed by atoms with Crippen LogP contribution in [0.25, 0.3) is 33.1 Å². The van der Waals surface area contributed by atoms with Crippen molar-refractivity contribution in [3.63, 3.8) is 0 Å². The molecule has 5 aromatic rings. The van der Waals surface area contributed by atoms with E-state index in [2.05, 4.69) is 4.57 Å². The molecule has 5 rings (SSSR count). The zero-order valence-corrected chi connectivity index (χ0v) is 14.5. The monoisotopic (exact) mass is 357 g/mol. The van der Waals surface area contributed by atoms with E-state index >= 15 is 0 Å². The summed E-state index contributed by atoms with van der Waals surface area (Å²) in [5.41, 5.74) is 4.34. The molecule has 0 saturated heterocycles. The summed E-state index contributed by atoms with van der Waals surface area (Å²) >= 11 is 0. The quantitative estimate of drug-likeness (QED) is 0.453. The van der Waals surface area contributed by atoms with E-state index in [1.54, 1.807) is 12.1 Å². The van der Waals surface area contributed by atoms with E-state index < -0.39 is 5.97 Å². The Morgan fingerprint density at radius 3 is 2.56 bits per heavy atom. The molecular formula is C21H15N3O3. The maximum Gasteiger partial charge on any atom is 0.373 e. The van der Waals surface area contributed by atoms with Crippen LogP contribution >= 0.6 is 0 Å². The summed E-state index contributed by atoms with van der Waals surface area (Å²) in [6, 6.07) is 19.3. The van der Waals surface area contributed by atoms with Gasteiger partial charge >= 0.3 is 5.97 Å². The van der Waals surface area contributed by atoms with Gasteiger partial charge in [0.1, 0.15) is 11.3 Å². The predicted molar refractivity (Wildman–Crippen MR) is 102 cm³/mol. The number of carbonyl (C=O) groups excluding carboxylic acids is 1. The van der Waals surface area contributed by atoms with Crippen molar-refractivity contribution in [1.29, 1.82) is 0 Å². The normalized spacial score (nSPS) is 11.4. The fraction of sp³-hybridized carbons (Fsp3) is 0.0952. The molecule has 0 aliphatic rings. The molecule has 0 unspecified atom stereocenters. The van der Waals surface area contributed by atoms with Crippen molar-refractivity contribution in [2.75, 3.05) is 7.11 Å². The molecule has 132 valence electrons. The van der Waals surface area contributed by atoms with E-state index in [1.807, 2.05) is 48.5 Å². The van der Waals surface area contributed by atoms with Gasteiger partial charge in [0.05, 0.1) is 30.2 Å². The molecule has 0 radical (unpaired) electrons. The number of benzene rings is 2. The smallest absolute Gasteiger partial charge is 0.373 e. The molecule has 0 amide bonds. The number of aromatic nitrogens is 3. The highest BCUT2D eigenvalue weighted by molar-refractivity contribution is 6.06. The van der Waals surface area contributed by atoms with Crippen molar-refractivity contribution in [3.8, 4) is 0 Å². The number of hydrogen-bond acceptors (Lipinski definition) is 5. The number of para-hydroxylation sites is 3. The second-order valence-corrected chi connectivity index (χ2v) is 6.25. The molecule has 0 saturated carbocycles. The molecule has 0 N–H and O–H groups in total. The molecule has 0 aliphatic carbocycles. The van der Waals surface area contributed by atoms with Crippen LogP contribution in [0.15, 0.2) is 65.1 Å². The predicted octanol–water partition coefficient (Wildman–Crippen LogP) is 4.17. The maximum atomic E-state index is 11.7. The molecular weight excluding hydrogens is 342 g/mol. The van der Waals surface area contributed by atoms with E-state index in [4.69, 9.17) is 19.1 Å². The van der Waals surface area contributed by atoms with Crippen LogP contribution in [0.5, 0.6) is 0 Å². The van der Waals surface area contributed by atoms with Crippen LogP contribution < -0.4 is 0 Å². The SMILES string of the molecule is COC(=O)c1ccc(Cn2c3ccccc3c3nc4ccccc4nc32)o1. The number of furan rings is 1. The van der Waals surface area contributed by atoms with Crippen LogP contribution in [-0.4, -0.2) is 27.6 Å². The highest BCUT2D eigenvalue weighted by Gasteiger charge is 2.17. The van der Waals surface area contributed by atoms with Gasteiger partial charge in [-0.1, -0.05) is 30.3 Å². The summed E-state index contributed by atoms with van der Waals surface area (Å²) in [6.07, 6.45) is 0. The van der Waals surface area contributed by atoms with Gasteiger partial charge in [0.15, 0.2) is 5.65 Å². The van der Waals surface area contributed by atoms with Gasteiger partial charge < -0.3 is 13.7 Å². The lowest BCUT2D eigenvalue weighted by Crippen LogP contribution is -2.01. The first-order chi connectivity index (χ1) is 13.2. The standard InChI is InChI=1S/C21H15N3O3/c1-26-21(25)18-11-10-13(27-18)12-24-17-9-5-2-6-14(17)19-20(24)23-16-8-4-3-7-15(16)22-19/h2-11H,12H2,1H3. The lowest BCUT2D eigenvalue weighted by atomic mass is 10.2. The summed E-state index contributed by atoms with van der Waals surface area (Å²) in [4.78, 5) is 21.3. The Morgan fingerprint density at radius 2 is 1.74 bits per heavy atom. The van der Waals surface area contributed by atoms with Gasteiger partial charge in [0.2, 0.25) is 5.76 Å². The highest BCUT2D eigenvalue weighted by Crippen LogP contribution is 2.29. The van der Waals surface area contributed by atoms with Gasteiger partial charge in [0.25, 0.3) is 0 Å². The summed E-state index contributed by atoms with van der Waals surface area (Å²) in [5.74, 6) is 0.340. The van der Waals surface area contributed by atoms with Gasteiger partial charge in [-0.2, -0.15) is 0 Å². The molecule has 27 heavy (non-hydrogen) atoms. The number of carbonyl (C=O) groups is 1. The van der Waals surface area contributed by atoms with Crippen LogP contribution in [0.4, 0.5) is 0 Å². The molecule has 0 aliphatic heterocycles. The fourth-order valence-corrected chi connectivity index (χ4v) is 3.37. The van der Waals surface area contributed by atoms with E-state index in [0.717, 1.165) is 33.1 Å². The third kappa shape index (κ3) is 2.45. The second kappa shape index (κ2) is 5.95. The Hall–Kier alpha value is -3.67. The molecule has 2 aromatic carbocycles. The number of hydrogen-bond donors (Lipinski definition) is 0. The van der Waals surface area contributed by atoms with Gasteiger partial charge in [-0.05, 0) is 30.3 Å². The highest BCUT2D eigenvalue weighted by atomic mass is 16.5. The minimum Gasteiger partial charge on any atom is -0.463 e. The average molecular weight is 357 g/mol. The Morgan fingerprint density at radius 1 is 1.00 bits per heavy atom. The second-order valence-electron chi connectivity index (χ2n) is 6.25. The van der Waals surface area contributed by atoms with Crippen molar-refractivity contribution < 1.29 is 13.9 Å². The largest absolute Gasteiger partial charge is 0.463 e. The van der Waals surface area contributed by atoms with Gasteiger partial charge in [-0.3, -0.25) is 0 Å². The fourth-order valence-electron chi connectivity index (χ4n) is 3.37. The first-order valence-corrected chi connectivity index (χ1v) is 8.55. The molecule has 6 nitrogen and oxygen atoms in total. The van der Waals surface area contributed by atoms with Gasteiger partial charge in [-0.25, -0.2) is 14.8 Å². The first-order valence-electron chi connectivity index (χ1n) is 8.55. The van der Waals surface area contributed by atoms with Crippen LogP contribution in [0, 0.1) is 0 Å². The minimum absolute atomic E-state index is 0.185. The molecule has 0 spiro atoms. The first kappa shape index (κ1) is 15.6. The van der Waals surface area contributed by atoms with Gasteiger partial charge in [-0.15, -0.1) is 0 Å². The van der Waals surface area contributed by atoms with E-state index in [1.165, 1.54) is 7.11 Å². The number of nitrogens with zero attached hydrogens (tertiary/aromatic N) is 3. The van der Waals surface area contributed by atoms with Crippen molar-refractivity contribution in [3.05, 3.63) is 72.2 Å². The number of fused-ring (bicyclic) bond motifs is 4. The summed E-state index contributed by atoms with van der Waals surface area (Å²) < 4.78 is 12.4. The molecule has 0 atom stereocenters. The Bertz CT molecular complexity index is 1320. The van der Waals surface area contributed by atoms with Crippen molar-refractivity contribution >= 4 is 39.1 Å². The lowest BCUT2D eigenvalue weighted by molar-refractivity contribution is 0.0563. The summed E-state index contributed by atoms with van der Waals surface area (Å²) in [6.45, 7) is 0.439. The molecule has 0 bridgehead atoms. The number of rotatable bonds is 3. The Labute approximate surface area is 154 Å². The third-order valence-electron chi connectivity index (χ3n) is 4.62. The Kier molecular flexibility index (Phi) is 3.43. The zero-order valence-electron chi connectivity index (χ0n) is 14.5. The van der Waals surface area contributed by atoms with Crippen LogP contribution in [0.1, 0.15) is 16.3 Å². The zero-order chi connectivity index (χ0) is 18.4. The van der Waals surface area contributed by atoms with Crippen LogP contribution in [-0.2, 0) is 11.3 Å². The van der Waals surface area contributed by atoms with Gasteiger partial charge in [0, 0.05) is 5.39 Å². The van der Waals surface area contributed by atoms with Crippen molar-refractivity contribution in [2.24, 2.45) is 0 Å². The van der Waals surface area contributed by atoms with Crippen molar-refractivity contribution in [2.45, 2.75) is 6.54 Å². The number of methoxy groups -OCH3 is 1. The topological polar surface area (TPSA) is 70.2 Å². The number of ether oxygens (including phenoxy) is 1.